The maximum atomic E-state index is 12.1. The molecular weight excluding hydrogens is 432 g/mol. The lowest BCUT2D eigenvalue weighted by Gasteiger charge is -2.35. The number of carboxylic acid groups (broad SMARTS) is 1. The average molecular weight is 463 g/mol. The van der Waals surface area contributed by atoms with E-state index in [2.05, 4.69) is 10.8 Å². The summed E-state index contributed by atoms with van der Waals surface area (Å²) in [5.41, 5.74) is 3.56. The third-order valence-corrected chi connectivity index (χ3v) is 5.04. The van der Waals surface area contributed by atoms with Crippen LogP contribution in [0.15, 0.2) is 91.0 Å². The third-order valence-electron chi connectivity index (χ3n) is 5.04. The van der Waals surface area contributed by atoms with Crippen LogP contribution in [0.25, 0.3) is 0 Å². The molecule has 3 N–H and O–H groups in total. The van der Waals surface area contributed by atoms with Crippen molar-refractivity contribution in [2.45, 2.75) is 38.0 Å². The molecule has 3 aromatic carbocycles. The van der Waals surface area contributed by atoms with E-state index in [4.69, 9.17) is 9.57 Å². The minimum absolute atomic E-state index is 0.192. The lowest BCUT2D eigenvalue weighted by atomic mass is 9.80. The Bertz CT molecular complexity index is 970. The first-order valence-corrected chi connectivity index (χ1v) is 11.0. The van der Waals surface area contributed by atoms with Crippen LogP contribution in [0.1, 0.15) is 37.5 Å². The van der Waals surface area contributed by atoms with Gasteiger partial charge in [-0.25, -0.2) is 9.59 Å². The molecule has 0 aliphatic carbocycles. The van der Waals surface area contributed by atoms with Gasteiger partial charge in [-0.05, 0) is 37.5 Å². The Kier molecular flexibility index (Phi) is 8.04. The molecule has 34 heavy (non-hydrogen) atoms. The highest BCUT2D eigenvalue weighted by molar-refractivity contribution is 5.80. The first kappa shape index (κ1) is 25.0. The van der Waals surface area contributed by atoms with Gasteiger partial charge in [0.05, 0.1) is 6.54 Å². The van der Waals surface area contributed by atoms with Crippen molar-refractivity contribution in [3.63, 3.8) is 0 Å². The van der Waals surface area contributed by atoms with E-state index in [1.807, 2.05) is 91.0 Å². The lowest BCUT2D eigenvalue weighted by Crippen LogP contribution is -2.50. The number of nitrogens with one attached hydrogen (secondary N) is 2. The first-order chi connectivity index (χ1) is 16.2. The molecule has 3 rings (SSSR count). The molecule has 0 heterocycles. The molecule has 0 fully saturated rings. The zero-order valence-electron chi connectivity index (χ0n) is 19.5. The van der Waals surface area contributed by atoms with E-state index in [0.29, 0.717) is 0 Å². The summed E-state index contributed by atoms with van der Waals surface area (Å²) in [6.45, 7) is 4.93. The molecule has 1 amide bonds. The zero-order chi connectivity index (χ0) is 24.6. The van der Waals surface area contributed by atoms with Gasteiger partial charge in [0, 0.05) is 0 Å². The molecule has 178 valence electrons. The van der Waals surface area contributed by atoms with Gasteiger partial charge in [0.1, 0.15) is 11.6 Å². The van der Waals surface area contributed by atoms with Gasteiger partial charge in [-0.15, -0.1) is 0 Å². The molecule has 0 unspecified atom stereocenters. The van der Waals surface area contributed by atoms with E-state index in [-0.39, 0.29) is 6.54 Å². The van der Waals surface area contributed by atoms with Crippen molar-refractivity contribution in [3.8, 4) is 0 Å². The van der Waals surface area contributed by atoms with Gasteiger partial charge < -0.3 is 15.2 Å². The first-order valence-electron chi connectivity index (χ1n) is 11.0. The largest absolute Gasteiger partial charge is 0.480 e. The second-order valence-corrected chi connectivity index (χ2v) is 8.77. The molecule has 3 aromatic rings. The Morgan fingerprint density at radius 3 is 1.56 bits per heavy atom. The molecule has 0 radical (unpaired) electrons. The van der Waals surface area contributed by atoms with Gasteiger partial charge in [0.25, 0.3) is 0 Å². The van der Waals surface area contributed by atoms with Gasteiger partial charge in [-0.2, -0.15) is 5.48 Å². The molecule has 7 heteroatoms. The highest BCUT2D eigenvalue weighted by Crippen LogP contribution is 2.39. The fourth-order valence-electron chi connectivity index (χ4n) is 3.58. The van der Waals surface area contributed by atoms with Crippen molar-refractivity contribution in [2.24, 2.45) is 0 Å². The summed E-state index contributed by atoms with van der Waals surface area (Å²) in [5, 5.41) is 12.0. The standard InChI is InChI=1S/C27H30N2O5/c1-26(2,3)33-25(32)29-23(24(30)31)19-28-34-27(20-13-7-4-8-14-20,21-15-9-5-10-16-21)22-17-11-6-12-18-22/h4-18,23,28H,19H2,1-3H3,(H,29,32)(H,30,31)/t23-/m0/s1. The molecular formula is C27H30N2O5. The Morgan fingerprint density at radius 1 is 0.794 bits per heavy atom. The van der Waals surface area contributed by atoms with Gasteiger partial charge >= 0.3 is 12.1 Å². The predicted octanol–water partition coefficient (Wildman–Crippen LogP) is 4.48. The molecule has 0 aromatic heterocycles. The number of aliphatic carboxylic acids is 1. The number of carbonyl (C=O) groups excluding carboxylic acids is 1. The normalized spacial score (nSPS) is 12.6. The van der Waals surface area contributed by atoms with Crippen LogP contribution in [0.3, 0.4) is 0 Å². The van der Waals surface area contributed by atoms with E-state index in [1.54, 1.807) is 20.8 Å². The average Bonchev–Trinajstić information content (AvgIpc) is 2.81. The summed E-state index contributed by atoms with van der Waals surface area (Å²) in [7, 11) is 0. The summed E-state index contributed by atoms with van der Waals surface area (Å²) in [5.74, 6) is -1.22. The van der Waals surface area contributed by atoms with E-state index in [1.165, 1.54) is 0 Å². The topological polar surface area (TPSA) is 96.9 Å². The predicted molar refractivity (Wildman–Crippen MR) is 129 cm³/mol. The summed E-state index contributed by atoms with van der Waals surface area (Å²) >= 11 is 0. The summed E-state index contributed by atoms with van der Waals surface area (Å²) in [4.78, 5) is 30.3. The fourth-order valence-corrected chi connectivity index (χ4v) is 3.58. The van der Waals surface area contributed by atoms with Crippen LogP contribution >= 0.6 is 0 Å². The summed E-state index contributed by atoms with van der Waals surface area (Å²) in [6, 6.07) is 27.7. The second-order valence-electron chi connectivity index (χ2n) is 8.77. The quantitative estimate of drug-likeness (QED) is 0.321. The number of carboxylic acids is 1. The summed E-state index contributed by atoms with van der Waals surface area (Å²) in [6.07, 6.45) is -0.817. The van der Waals surface area contributed by atoms with Crippen LogP contribution in [0.5, 0.6) is 0 Å². The smallest absolute Gasteiger partial charge is 0.408 e. The molecule has 0 saturated heterocycles. The molecule has 7 nitrogen and oxygen atoms in total. The lowest BCUT2D eigenvalue weighted by molar-refractivity contribution is -0.141. The molecule has 0 bridgehead atoms. The number of alkyl carbamates (subject to hydrolysis) is 1. The monoisotopic (exact) mass is 462 g/mol. The SMILES string of the molecule is CC(C)(C)OC(=O)N[C@@H](CNOC(c1ccccc1)(c1ccccc1)c1ccccc1)C(=O)O. The van der Waals surface area contributed by atoms with Gasteiger partial charge in [-0.1, -0.05) is 91.0 Å². The van der Waals surface area contributed by atoms with Crippen molar-refractivity contribution >= 4 is 12.1 Å². The number of ether oxygens (including phenoxy) is 1. The van der Waals surface area contributed by atoms with Crippen LogP contribution in [-0.4, -0.2) is 35.4 Å². The molecule has 0 saturated carbocycles. The van der Waals surface area contributed by atoms with Crippen molar-refractivity contribution < 1.29 is 24.3 Å². The van der Waals surface area contributed by atoms with Crippen LogP contribution in [0, 0.1) is 0 Å². The third kappa shape index (κ3) is 6.21. The van der Waals surface area contributed by atoms with Crippen LogP contribution in [-0.2, 0) is 20.0 Å². The molecule has 0 aliphatic heterocycles. The molecule has 1 atom stereocenters. The van der Waals surface area contributed by atoms with E-state index in [9.17, 15) is 14.7 Å². The Morgan fingerprint density at radius 2 is 1.21 bits per heavy atom. The number of rotatable bonds is 9. The van der Waals surface area contributed by atoms with Gasteiger partial charge in [-0.3, -0.25) is 4.84 Å². The minimum Gasteiger partial charge on any atom is -0.480 e. The molecule has 0 spiro atoms. The molecule has 0 aliphatic rings. The zero-order valence-corrected chi connectivity index (χ0v) is 19.5. The number of carbonyl (C=O) groups is 2. The van der Waals surface area contributed by atoms with Crippen LogP contribution < -0.4 is 10.8 Å². The minimum atomic E-state index is -1.27. The highest BCUT2D eigenvalue weighted by Gasteiger charge is 2.38. The van der Waals surface area contributed by atoms with Crippen LogP contribution in [0.4, 0.5) is 4.79 Å². The number of amides is 1. The second kappa shape index (κ2) is 11.0. The number of benzene rings is 3. The van der Waals surface area contributed by atoms with Crippen molar-refractivity contribution in [2.75, 3.05) is 6.54 Å². The van der Waals surface area contributed by atoms with Crippen LogP contribution in [0.2, 0.25) is 0 Å². The maximum Gasteiger partial charge on any atom is 0.408 e. The Balaban J connectivity index is 1.92. The summed E-state index contributed by atoms with van der Waals surface area (Å²) < 4.78 is 5.19. The van der Waals surface area contributed by atoms with Gasteiger partial charge in [0.2, 0.25) is 0 Å². The van der Waals surface area contributed by atoms with Crippen molar-refractivity contribution in [1.29, 1.82) is 0 Å². The number of hydrogen-bond donors (Lipinski definition) is 3. The fraction of sp³-hybridized carbons (Fsp3) is 0.259. The van der Waals surface area contributed by atoms with Gasteiger partial charge in [0.15, 0.2) is 5.60 Å². The highest BCUT2D eigenvalue weighted by atomic mass is 16.7. The number of hydroxylamine groups is 1. The Hall–Kier alpha value is -3.68. The Labute approximate surface area is 199 Å². The van der Waals surface area contributed by atoms with E-state index in [0.717, 1.165) is 16.7 Å². The maximum absolute atomic E-state index is 12.1. The van der Waals surface area contributed by atoms with Crippen molar-refractivity contribution in [3.05, 3.63) is 108 Å². The van der Waals surface area contributed by atoms with E-state index < -0.39 is 29.3 Å². The van der Waals surface area contributed by atoms with Crippen molar-refractivity contribution in [1.82, 2.24) is 10.8 Å². The number of hydrogen-bond acceptors (Lipinski definition) is 5. The van der Waals surface area contributed by atoms with E-state index >= 15 is 0 Å².